The maximum absolute atomic E-state index is 10.9. The van der Waals surface area contributed by atoms with Gasteiger partial charge in [-0.2, -0.15) is 0 Å². The van der Waals surface area contributed by atoms with Crippen LogP contribution in [0.2, 0.25) is 0 Å². The van der Waals surface area contributed by atoms with E-state index in [1.165, 1.54) is 21.9 Å². The van der Waals surface area contributed by atoms with Crippen LogP contribution in [-0.2, 0) is 17.6 Å². The minimum Gasteiger partial charge on any atom is -0.497 e. The van der Waals surface area contributed by atoms with Crippen molar-refractivity contribution in [3.8, 4) is 11.5 Å². The number of aldehydes is 1. The third kappa shape index (κ3) is 5.21. The fourth-order valence-electron chi connectivity index (χ4n) is 4.30. The first-order valence-corrected chi connectivity index (χ1v) is 11.0. The zero-order chi connectivity index (χ0) is 20.8. The fourth-order valence-corrected chi connectivity index (χ4v) is 4.30. The molecular formula is C27H30O3. The van der Waals surface area contributed by atoms with E-state index in [1.54, 1.807) is 7.11 Å². The summed E-state index contributed by atoms with van der Waals surface area (Å²) in [7, 11) is 1.70. The second-order valence-corrected chi connectivity index (χ2v) is 8.42. The number of benzene rings is 3. The van der Waals surface area contributed by atoms with Crippen LogP contribution in [0.15, 0.2) is 60.7 Å². The largest absolute Gasteiger partial charge is 0.497 e. The first-order valence-electron chi connectivity index (χ1n) is 11.0. The molecule has 0 aliphatic heterocycles. The zero-order valence-corrected chi connectivity index (χ0v) is 17.7. The molecule has 156 valence electrons. The van der Waals surface area contributed by atoms with Crippen molar-refractivity contribution in [1.29, 1.82) is 0 Å². The highest BCUT2D eigenvalue weighted by molar-refractivity contribution is 5.84. The Bertz CT molecular complexity index is 969. The third-order valence-corrected chi connectivity index (χ3v) is 6.31. The molecule has 0 amide bonds. The average molecular weight is 403 g/mol. The van der Waals surface area contributed by atoms with E-state index in [9.17, 15) is 4.79 Å². The Morgan fingerprint density at radius 3 is 2.17 bits per heavy atom. The van der Waals surface area contributed by atoms with Crippen molar-refractivity contribution in [2.45, 2.75) is 38.5 Å². The highest BCUT2D eigenvalue weighted by Gasteiger charge is 2.21. The monoisotopic (exact) mass is 402 g/mol. The SMILES string of the molecule is COc1ccc2cc(CCc3ccc(OCC4CCC(C=O)CC4)cc3)ccc2c1. The summed E-state index contributed by atoms with van der Waals surface area (Å²) in [5.41, 5.74) is 2.67. The van der Waals surface area contributed by atoms with Gasteiger partial charge in [-0.3, -0.25) is 0 Å². The molecule has 0 radical (unpaired) electrons. The Hall–Kier alpha value is -2.81. The third-order valence-electron chi connectivity index (χ3n) is 6.31. The molecule has 4 rings (SSSR count). The van der Waals surface area contributed by atoms with E-state index in [0.29, 0.717) is 5.92 Å². The van der Waals surface area contributed by atoms with Crippen LogP contribution < -0.4 is 9.47 Å². The van der Waals surface area contributed by atoms with Gasteiger partial charge in [0.05, 0.1) is 13.7 Å². The second kappa shape index (κ2) is 9.80. The van der Waals surface area contributed by atoms with E-state index in [2.05, 4.69) is 54.6 Å². The molecule has 1 aliphatic carbocycles. The molecule has 0 saturated heterocycles. The molecular weight excluding hydrogens is 372 g/mol. The summed E-state index contributed by atoms with van der Waals surface area (Å²) >= 11 is 0. The lowest BCUT2D eigenvalue weighted by Gasteiger charge is -2.25. The smallest absolute Gasteiger partial charge is 0.123 e. The lowest BCUT2D eigenvalue weighted by Crippen LogP contribution is -2.20. The van der Waals surface area contributed by atoms with Gasteiger partial charge in [0.1, 0.15) is 17.8 Å². The summed E-state index contributed by atoms with van der Waals surface area (Å²) in [5, 5.41) is 2.46. The van der Waals surface area contributed by atoms with Crippen LogP contribution in [0.3, 0.4) is 0 Å². The molecule has 1 saturated carbocycles. The fraction of sp³-hybridized carbons (Fsp3) is 0.370. The maximum Gasteiger partial charge on any atom is 0.123 e. The predicted octanol–water partition coefficient (Wildman–Crippen LogP) is 6.02. The first-order chi connectivity index (χ1) is 14.7. The van der Waals surface area contributed by atoms with Crippen molar-refractivity contribution in [3.05, 3.63) is 71.8 Å². The van der Waals surface area contributed by atoms with E-state index in [1.807, 2.05) is 6.07 Å². The molecule has 0 unspecified atom stereocenters. The lowest BCUT2D eigenvalue weighted by atomic mass is 9.83. The van der Waals surface area contributed by atoms with Gasteiger partial charge in [-0.15, -0.1) is 0 Å². The van der Waals surface area contributed by atoms with Gasteiger partial charge in [-0.1, -0.05) is 36.4 Å². The Kier molecular flexibility index (Phi) is 6.68. The summed E-state index contributed by atoms with van der Waals surface area (Å²) in [4.78, 5) is 10.9. The van der Waals surface area contributed by atoms with E-state index >= 15 is 0 Å². The Morgan fingerprint density at radius 2 is 1.43 bits per heavy atom. The van der Waals surface area contributed by atoms with E-state index < -0.39 is 0 Å². The molecule has 0 N–H and O–H groups in total. The molecule has 0 atom stereocenters. The van der Waals surface area contributed by atoms with Gasteiger partial charge < -0.3 is 14.3 Å². The van der Waals surface area contributed by atoms with Crippen molar-refractivity contribution in [2.24, 2.45) is 11.8 Å². The highest BCUT2D eigenvalue weighted by atomic mass is 16.5. The van der Waals surface area contributed by atoms with Crippen LogP contribution >= 0.6 is 0 Å². The standard InChI is InChI=1S/C27H30O3/c1-29-27-15-12-24-16-21(8-11-25(24)17-27)3-2-20-9-13-26(14-10-20)30-19-23-6-4-22(18-28)5-7-23/h8-18,22-23H,2-7,19H2,1H3. The van der Waals surface area contributed by atoms with Crippen molar-refractivity contribution >= 4 is 17.1 Å². The number of ether oxygens (including phenoxy) is 2. The highest BCUT2D eigenvalue weighted by Crippen LogP contribution is 2.28. The Morgan fingerprint density at radius 1 is 0.800 bits per heavy atom. The van der Waals surface area contributed by atoms with Gasteiger partial charge in [0.2, 0.25) is 0 Å². The summed E-state index contributed by atoms with van der Waals surface area (Å²) < 4.78 is 11.3. The van der Waals surface area contributed by atoms with Gasteiger partial charge in [-0.05, 0) is 90.6 Å². The van der Waals surface area contributed by atoms with E-state index in [0.717, 1.165) is 62.9 Å². The van der Waals surface area contributed by atoms with Crippen LogP contribution in [0.25, 0.3) is 10.8 Å². The van der Waals surface area contributed by atoms with Crippen LogP contribution in [0.4, 0.5) is 0 Å². The van der Waals surface area contributed by atoms with Gasteiger partial charge in [-0.25, -0.2) is 0 Å². The quantitative estimate of drug-likeness (QED) is 0.432. The summed E-state index contributed by atoms with van der Waals surface area (Å²) in [6.45, 7) is 0.757. The van der Waals surface area contributed by atoms with Gasteiger partial charge in [0.25, 0.3) is 0 Å². The van der Waals surface area contributed by atoms with Crippen LogP contribution in [0.1, 0.15) is 36.8 Å². The molecule has 3 aromatic rings. The molecule has 1 fully saturated rings. The van der Waals surface area contributed by atoms with Crippen molar-refractivity contribution in [1.82, 2.24) is 0 Å². The summed E-state index contributed by atoms with van der Waals surface area (Å²) in [6.07, 6.45) is 7.36. The minimum atomic E-state index is 0.269. The maximum atomic E-state index is 10.9. The Labute approximate surface area is 179 Å². The van der Waals surface area contributed by atoms with Crippen LogP contribution in [0.5, 0.6) is 11.5 Å². The summed E-state index contributed by atoms with van der Waals surface area (Å²) in [5.74, 6) is 2.68. The molecule has 3 aromatic carbocycles. The van der Waals surface area contributed by atoms with Gasteiger partial charge in [0.15, 0.2) is 0 Å². The van der Waals surface area contributed by atoms with Crippen molar-refractivity contribution in [3.63, 3.8) is 0 Å². The lowest BCUT2D eigenvalue weighted by molar-refractivity contribution is -0.112. The van der Waals surface area contributed by atoms with Crippen molar-refractivity contribution in [2.75, 3.05) is 13.7 Å². The van der Waals surface area contributed by atoms with Gasteiger partial charge >= 0.3 is 0 Å². The first kappa shape index (κ1) is 20.5. The number of rotatable bonds is 8. The second-order valence-electron chi connectivity index (χ2n) is 8.42. The molecule has 0 heterocycles. The molecule has 0 aromatic heterocycles. The predicted molar refractivity (Wildman–Crippen MR) is 121 cm³/mol. The molecule has 1 aliphatic rings. The van der Waals surface area contributed by atoms with Crippen LogP contribution in [0, 0.1) is 11.8 Å². The molecule has 0 spiro atoms. The Balaban J connectivity index is 1.27. The number of methoxy groups -OCH3 is 1. The number of fused-ring (bicyclic) bond motifs is 1. The van der Waals surface area contributed by atoms with E-state index in [-0.39, 0.29) is 5.92 Å². The molecule has 3 heteroatoms. The number of hydrogen-bond acceptors (Lipinski definition) is 3. The summed E-state index contributed by atoms with van der Waals surface area (Å²) in [6, 6.07) is 21.4. The molecule has 30 heavy (non-hydrogen) atoms. The zero-order valence-electron chi connectivity index (χ0n) is 17.7. The van der Waals surface area contributed by atoms with Crippen molar-refractivity contribution < 1.29 is 14.3 Å². The normalized spacial score (nSPS) is 18.8. The topological polar surface area (TPSA) is 35.5 Å². The van der Waals surface area contributed by atoms with Gasteiger partial charge in [0, 0.05) is 5.92 Å². The number of hydrogen-bond donors (Lipinski definition) is 0. The number of carbonyl (C=O) groups excluding carboxylic acids is 1. The van der Waals surface area contributed by atoms with Crippen LogP contribution in [-0.4, -0.2) is 20.0 Å². The minimum absolute atomic E-state index is 0.269. The molecule has 0 bridgehead atoms. The number of aryl methyl sites for hydroxylation is 2. The molecule has 3 nitrogen and oxygen atoms in total. The average Bonchev–Trinajstić information content (AvgIpc) is 2.82. The van der Waals surface area contributed by atoms with E-state index in [4.69, 9.17) is 9.47 Å². The number of carbonyl (C=O) groups is 1.